The number of sulfonamides is 1. The van der Waals surface area contributed by atoms with Crippen LogP contribution in [0.2, 0.25) is 0 Å². The lowest BCUT2D eigenvalue weighted by molar-refractivity contribution is -0.181. The van der Waals surface area contributed by atoms with Gasteiger partial charge in [0.15, 0.2) is 6.10 Å². The monoisotopic (exact) mass is 391 g/mol. The molecule has 2 fully saturated rings. The summed E-state index contributed by atoms with van der Waals surface area (Å²) in [5.41, 5.74) is 0.432. The van der Waals surface area contributed by atoms with E-state index in [-0.39, 0.29) is 28.8 Å². The van der Waals surface area contributed by atoms with Gasteiger partial charge in [-0.3, -0.25) is 4.79 Å². The molecule has 0 N–H and O–H groups in total. The first-order chi connectivity index (χ1) is 12.8. The topological polar surface area (TPSA) is 90.7 Å². The third-order valence-corrected chi connectivity index (χ3v) is 7.46. The summed E-state index contributed by atoms with van der Waals surface area (Å²) in [6.07, 6.45) is 0.964. The molecule has 1 amide bonds. The van der Waals surface area contributed by atoms with Crippen molar-refractivity contribution < 1.29 is 17.9 Å². The van der Waals surface area contributed by atoms with Crippen LogP contribution >= 0.6 is 0 Å². The van der Waals surface area contributed by atoms with Crippen molar-refractivity contribution >= 4 is 15.9 Å². The molecule has 0 spiro atoms. The highest BCUT2D eigenvalue weighted by Crippen LogP contribution is 2.37. The molecule has 0 bridgehead atoms. The average Bonchev–Trinajstić information content (AvgIpc) is 2.66. The molecule has 2 atom stereocenters. The second-order valence-electron chi connectivity index (χ2n) is 7.36. The number of likely N-dealkylation sites (tertiary alicyclic amines) is 1. The molecule has 0 aliphatic carbocycles. The molecule has 2 heterocycles. The van der Waals surface area contributed by atoms with E-state index in [1.54, 1.807) is 7.11 Å². The number of carbonyl (C=O) groups excluding carboxylic acids is 1. The molecule has 0 aromatic heterocycles. The number of rotatable bonds is 5. The maximum Gasteiger partial charge on any atom is 0.254 e. The fraction of sp³-hybridized carbons (Fsp3) is 0.579. The van der Waals surface area contributed by atoms with Crippen LogP contribution in [0.5, 0.6) is 0 Å². The molecule has 2 unspecified atom stereocenters. The van der Waals surface area contributed by atoms with Crippen molar-refractivity contribution in [2.75, 3.05) is 20.2 Å². The Hall–Kier alpha value is -1.95. The molecule has 2 aliphatic rings. The van der Waals surface area contributed by atoms with Crippen LogP contribution < -0.4 is 0 Å². The van der Waals surface area contributed by atoms with Gasteiger partial charge in [0.2, 0.25) is 10.0 Å². The summed E-state index contributed by atoms with van der Waals surface area (Å²) in [5.74, 6) is 0.243. The van der Waals surface area contributed by atoms with Gasteiger partial charge in [-0.25, -0.2) is 8.42 Å². The van der Waals surface area contributed by atoms with Gasteiger partial charge in [-0.2, -0.15) is 9.57 Å². The number of hydrogen-bond donors (Lipinski definition) is 0. The molecule has 7 nitrogen and oxygen atoms in total. The fourth-order valence-electron chi connectivity index (χ4n) is 4.13. The highest BCUT2D eigenvalue weighted by Gasteiger charge is 2.52. The summed E-state index contributed by atoms with van der Waals surface area (Å²) in [5, 5.41) is 8.86. The number of nitrogens with zero attached hydrogens (tertiary/aromatic N) is 3. The lowest BCUT2D eigenvalue weighted by Crippen LogP contribution is -2.70. The number of β-lactam (4-membered cyclic amide) rings is 1. The first-order valence-electron chi connectivity index (χ1n) is 9.16. The Morgan fingerprint density at radius 2 is 1.78 bits per heavy atom. The van der Waals surface area contributed by atoms with E-state index in [4.69, 9.17) is 10.00 Å². The number of ether oxygens (including phenoxy) is 1. The Balaban J connectivity index is 1.69. The van der Waals surface area contributed by atoms with Crippen molar-refractivity contribution in [1.29, 1.82) is 5.26 Å². The van der Waals surface area contributed by atoms with Gasteiger partial charge in [0.05, 0.1) is 22.6 Å². The third kappa shape index (κ3) is 3.47. The minimum absolute atomic E-state index is 0.0160. The summed E-state index contributed by atoms with van der Waals surface area (Å²) >= 11 is 0. The zero-order valence-corrected chi connectivity index (χ0v) is 16.6. The number of methoxy groups -OCH3 is 1. The molecule has 3 rings (SSSR count). The standard InChI is InChI=1S/C19H25N3O4S/c1-13(2)22-17(18(26-3)19(22)23)15-8-10-21(11-9-15)27(24,25)16-6-4-14(12-20)5-7-16/h4-7,13,15,17-18H,8-11H2,1-3H3. The van der Waals surface area contributed by atoms with Gasteiger partial charge in [-0.05, 0) is 56.9 Å². The maximum atomic E-state index is 12.8. The van der Waals surface area contributed by atoms with Crippen molar-refractivity contribution in [1.82, 2.24) is 9.21 Å². The zero-order chi connectivity index (χ0) is 19.8. The second kappa shape index (κ2) is 7.58. The molecular weight excluding hydrogens is 366 g/mol. The highest BCUT2D eigenvalue weighted by molar-refractivity contribution is 7.89. The first kappa shape index (κ1) is 19.8. The van der Waals surface area contributed by atoms with E-state index in [9.17, 15) is 13.2 Å². The maximum absolute atomic E-state index is 12.8. The number of piperidine rings is 1. The van der Waals surface area contributed by atoms with E-state index in [2.05, 4.69) is 0 Å². The Bertz CT molecular complexity index is 837. The van der Waals surface area contributed by atoms with Gasteiger partial charge in [0.1, 0.15) is 0 Å². The van der Waals surface area contributed by atoms with Crippen LogP contribution in [0.25, 0.3) is 0 Å². The average molecular weight is 391 g/mol. The first-order valence-corrected chi connectivity index (χ1v) is 10.6. The Morgan fingerprint density at radius 1 is 1.19 bits per heavy atom. The molecular formula is C19H25N3O4S. The molecule has 8 heteroatoms. The molecule has 2 aliphatic heterocycles. The summed E-state index contributed by atoms with van der Waals surface area (Å²) < 4.78 is 32.6. The van der Waals surface area contributed by atoms with Gasteiger partial charge in [0.25, 0.3) is 5.91 Å². The van der Waals surface area contributed by atoms with Gasteiger partial charge in [-0.1, -0.05) is 0 Å². The fourth-order valence-corrected chi connectivity index (χ4v) is 5.59. The summed E-state index contributed by atoms with van der Waals surface area (Å²) in [6.45, 7) is 4.81. The van der Waals surface area contributed by atoms with E-state index in [0.717, 1.165) is 0 Å². The van der Waals surface area contributed by atoms with Crippen molar-refractivity contribution in [2.45, 2.75) is 49.8 Å². The lowest BCUT2D eigenvalue weighted by Gasteiger charge is -2.53. The summed E-state index contributed by atoms with van der Waals surface area (Å²) in [7, 11) is -2.02. The number of nitriles is 1. The molecule has 1 aromatic rings. The zero-order valence-electron chi connectivity index (χ0n) is 15.8. The minimum Gasteiger partial charge on any atom is -0.369 e. The number of carbonyl (C=O) groups is 1. The van der Waals surface area contributed by atoms with Crippen LogP contribution in [-0.4, -0.2) is 61.9 Å². The van der Waals surface area contributed by atoms with Crippen LogP contribution in [0.1, 0.15) is 32.3 Å². The van der Waals surface area contributed by atoms with E-state index < -0.39 is 16.1 Å². The normalized spacial score (nSPS) is 24.7. The molecule has 0 saturated carbocycles. The van der Waals surface area contributed by atoms with Crippen molar-refractivity contribution in [3.05, 3.63) is 29.8 Å². The highest BCUT2D eigenvalue weighted by atomic mass is 32.2. The number of benzene rings is 1. The van der Waals surface area contributed by atoms with E-state index >= 15 is 0 Å². The van der Waals surface area contributed by atoms with E-state index in [1.165, 1.54) is 28.6 Å². The summed E-state index contributed by atoms with van der Waals surface area (Å²) in [6, 6.07) is 8.10. The second-order valence-corrected chi connectivity index (χ2v) is 9.30. The van der Waals surface area contributed by atoms with Crippen LogP contribution in [0.15, 0.2) is 29.2 Å². The van der Waals surface area contributed by atoms with Crippen molar-refractivity contribution in [3.8, 4) is 6.07 Å². The third-order valence-electron chi connectivity index (χ3n) is 5.54. The lowest BCUT2D eigenvalue weighted by atomic mass is 9.79. The number of hydrogen-bond acceptors (Lipinski definition) is 5. The van der Waals surface area contributed by atoms with Crippen LogP contribution in [0.3, 0.4) is 0 Å². The van der Waals surface area contributed by atoms with Crippen LogP contribution in [0.4, 0.5) is 0 Å². The molecule has 146 valence electrons. The summed E-state index contributed by atoms with van der Waals surface area (Å²) in [4.78, 5) is 14.3. The van der Waals surface area contributed by atoms with Crippen LogP contribution in [-0.2, 0) is 19.6 Å². The SMILES string of the molecule is COC1C(=O)N(C(C)C)C1C1CCN(S(=O)(=O)c2ccc(C#N)cc2)CC1. The van der Waals surface area contributed by atoms with Crippen LogP contribution in [0, 0.1) is 17.2 Å². The smallest absolute Gasteiger partial charge is 0.254 e. The largest absolute Gasteiger partial charge is 0.369 e. The van der Waals surface area contributed by atoms with Crippen molar-refractivity contribution in [3.63, 3.8) is 0 Å². The van der Waals surface area contributed by atoms with Gasteiger partial charge < -0.3 is 9.64 Å². The minimum atomic E-state index is -3.57. The molecule has 1 aromatic carbocycles. The molecule has 0 radical (unpaired) electrons. The van der Waals surface area contributed by atoms with Gasteiger partial charge in [-0.15, -0.1) is 0 Å². The Kier molecular flexibility index (Phi) is 5.56. The number of amides is 1. The van der Waals surface area contributed by atoms with Gasteiger partial charge in [0, 0.05) is 26.2 Å². The molecule has 27 heavy (non-hydrogen) atoms. The van der Waals surface area contributed by atoms with Gasteiger partial charge >= 0.3 is 0 Å². The van der Waals surface area contributed by atoms with Crippen molar-refractivity contribution in [2.24, 2.45) is 5.92 Å². The molecule has 2 saturated heterocycles. The van der Waals surface area contributed by atoms with E-state index in [1.807, 2.05) is 24.8 Å². The van der Waals surface area contributed by atoms with E-state index in [0.29, 0.717) is 31.5 Å². The predicted molar refractivity (Wildman–Crippen MR) is 99.2 cm³/mol. The Morgan fingerprint density at radius 3 is 2.26 bits per heavy atom. The predicted octanol–water partition coefficient (Wildman–Crippen LogP) is 1.59. The quantitative estimate of drug-likeness (QED) is 0.711. The Labute approximate surface area is 160 Å².